The Labute approximate surface area is 133 Å². The van der Waals surface area contributed by atoms with Gasteiger partial charge in [0, 0.05) is 6.04 Å². The van der Waals surface area contributed by atoms with Gasteiger partial charge < -0.3 is 9.15 Å². The summed E-state index contributed by atoms with van der Waals surface area (Å²) < 4.78 is 36.7. The van der Waals surface area contributed by atoms with E-state index in [9.17, 15) is 13.2 Å². The first kappa shape index (κ1) is 15.7. The molecule has 1 aromatic heterocycles. The van der Waals surface area contributed by atoms with Crippen molar-refractivity contribution in [3.63, 3.8) is 0 Å². The second-order valence-corrected chi connectivity index (χ2v) is 7.10. The molecule has 0 radical (unpaired) electrons. The predicted octanol–water partition coefficient (Wildman–Crippen LogP) is 1.81. The van der Waals surface area contributed by atoms with Gasteiger partial charge in [-0.05, 0) is 25.0 Å². The van der Waals surface area contributed by atoms with Gasteiger partial charge in [0.15, 0.2) is 5.69 Å². The van der Waals surface area contributed by atoms with Gasteiger partial charge in [-0.3, -0.25) is 0 Å². The third-order valence-corrected chi connectivity index (χ3v) is 5.45. The molecule has 0 N–H and O–H groups in total. The van der Waals surface area contributed by atoms with Crippen LogP contribution in [0.5, 0.6) is 0 Å². The summed E-state index contributed by atoms with van der Waals surface area (Å²) in [5.74, 6) is -0.458. The molecule has 0 bridgehead atoms. The number of hydrogen-bond donors (Lipinski definition) is 0. The lowest BCUT2D eigenvalue weighted by molar-refractivity contribution is 0.0594. The Kier molecular flexibility index (Phi) is 4.18. The second kappa shape index (κ2) is 6.13. The largest absolute Gasteiger partial charge is 0.464 e. The van der Waals surface area contributed by atoms with Gasteiger partial charge in [0.25, 0.3) is 0 Å². The molecular formula is C15H16N2O5S. The third-order valence-electron chi connectivity index (χ3n) is 3.54. The third kappa shape index (κ3) is 3.27. The van der Waals surface area contributed by atoms with Crippen LogP contribution in [-0.4, -0.2) is 36.8 Å². The molecule has 23 heavy (non-hydrogen) atoms. The molecule has 0 saturated heterocycles. The van der Waals surface area contributed by atoms with E-state index >= 15 is 0 Å². The van der Waals surface area contributed by atoms with Crippen LogP contribution in [0.3, 0.4) is 0 Å². The number of carbonyl (C=O) groups excluding carboxylic acids is 1. The van der Waals surface area contributed by atoms with E-state index in [2.05, 4.69) is 9.72 Å². The Bertz CT molecular complexity index is 796. The van der Waals surface area contributed by atoms with Gasteiger partial charge in [-0.25, -0.2) is 18.2 Å². The van der Waals surface area contributed by atoms with Crippen molar-refractivity contribution in [2.24, 2.45) is 0 Å². The fourth-order valence-corrected chi connectivity index (χ4v) is 3.87. The maximum absolute atomic E-state index is 12.8. The summed E-state index contributed by atoms with van der Waals surface area (Å²) in [5.41, 5.74) is 0.0235. The number of methoxy groups -OCH3 is 1. The average molecular weight is 336 g/mol. The van der Waals surface area contributed by atoms with Crippen LogP contribution in [0.15, 0.2) is 45.9 Å². The van der Waals surface area contributed by atoms with E-state index < -0.39 is 16.0 Å². The molecule has 0 aliphatic heterocycles. The normalized spacial score (nSPS) is 14.9. The van der Waals surface area contributed by atoms with Gasteiger partial charge >= 0.3 is 5.97 Å². The van der Waals surface area contributed by atoms with E-state index in [1.54, 1.807) is 30.3 Å². The summed E-state index contributed by atoms with van der Waals surface area (Å²) in [5, 5.41) is 0. The Morgan fingerprint density at radius 3 is 2.65 bits per heavy atom. The Hall–Kier alpha value is -2.19. The molecule has 122 valence electrons. The molecule has 1 fully saturated rings. The molecule has 3 rings (SSSR count). The summed E-state index contributed by atoms with van der Waals surface area (Å²) in [6.45, 7) is -0.0150. The lowest BCUT2D eigenvalue weighted by atomic mass is 10.4. The maximum Gasteiger partial charge on any atom is 0.360 e. The molecule has 2 aromatic rings. The zero-order chi connectivity index (χ0) is 16.4. The number of esters is 1. The van der Waals surface area contributed by atoms with Crippen molar-refractivity contribution in [3.8, 4) is 0 Å². The Morgan fingerprint density at radius 2 is 2.04 bits per heavy atom. The van der Waals surface area contributed by atoms with Crippen molar-refractivity contribution in [1.29, 1.82) is 0 Å². The van der Waals surface area contributed by atoms with E-state index in [1.807, 2.05) is 0 Å². The van der Waals surface area contributed by atoms with E-state index in [1.165, 1.54) is 17.7 Å². The van der Waals surface area contributed by atoms with Gasteiger partial charge in [-0.2, -0.15) is 4.31 Å². The molecule has 7 nitrogen and oxygen atoms in total. The van der Waals surface area contributed by atoms with Crippen LogP contribution in [0, 0.1) is 0 Å². The lowest BCUT2D eigenvalue weighted by Gasteiger charge is -2.20. The van der Waals surface area contributed by atoms with Gasteiger partial charge in [0.2, 0.25) is 15.9 Å². The smallest absolute Gasteiger partial charge is 0.360 e. The van der Waals surface area contributed by atoms with Crippen molar-refractivity contribution >= 4 is 16.0 Å². The number of nitrogens with zero attached hydrogens (tertiary/aromatic N) is 2. The number of rotatable bonds is 6. The van der Waals surface area contributed by atoms with Crippen molar-refractivity contribution in [3.05, 3.63) is 48.2 Å². The van der Waals surface area contributed by atoms with Gasteiger partial charge in [0.05, 0.1) is 18.6 Å². The summed E-state index contributed by atoms with van der Waals surface area (Å²) in [6.07, 6.45) is 2.77. The highest BCUT2D eigenvalue weighted by molar-refractivity contribution is 7.89. The quantitative estimate of drug-likeness (QED) is 0.748. The minimum Gasteiger partial charge on any atom is -0.464 e. The number of hydrogen-bond acceptors (Lipinski definition) is 6. The van der Waals surface area contributed by atoms with Crippen LogP contribution >= 0.6 is 0 Å². The minimum atomic E-state index is -3.64. The minimum absolute atomic E-state index is 0.0150. The number of ether oxygens (including phenoxy) is 1. The Morgan fingerprint density at radius 1 is 1.35 bits per heavy atom. The molecule has 1 saturated carbocycles. The van der Waals surface area contributed by atoms with Crippen LogP contribution in [0.1, 0.15) is 29.2 Å². The SMILES string of the molecule is COC(=O)c1coc(CN(C2CC2)S(=O)(=O)c2ccccc2)n1. The van der Waals surface area contributed by atoms with Gasteiger partial charge in [0.1, 0.15) is 6.26 Å². The molecular weight excluding hydrogens is 320 g/mol. The molecule has 1 heterocycles. The van der Waals surface area contributed by atoms with Crippen molar-refractivity contribution in [2.45, 2.75) is 30.3 Å². The number of sulfonamides is 1. The van der Waals surface area contributed by atoms with E-state index in [4.69, 9.17) is 4.42 Å². The summed E-state index contributed by atoms with van der Waals surface area (Å²) >= 11 is 0. The van der Waals surface area contributed by atoms with E-state index in [0.29, 0.717) is 0 Å². The summed E-state index contributed by atoms with van der Waals surface area (Å²) in [7, 11) is -2.39. The number of carbonyl (C=O) groups is 1. The molecule has 0 spiro atoms. The molecule has 0 amide bonds. The highest BCUT2D eigenvalue weighted by Gasteiger charge is 2.39. The van der Waals surface area contributed by atoms with Crippen LogP contribution < -0.4 is 0 Å². The highest BCUT2D eigenvalue weighted by Crippen LogP contribution is 2.33. The van der Waals surface area contributed by atoms with Crippen LogP contribution in [0.2, 0.25) is 0 Å². The first-order chi connectivity index (χ1) is 11.0. The predicted molar refractivity (Wildman–Crippen MR) is 80.0 cm³/mol. The summed E-state index contributed by atoms with van der Waals surface area (Å²) in [4.78, 5) is 15.6. The highest BCUT2D eigenvalue weighted by atomic mass is 32.2. The van der Waals surface area contributed by atoms with Crippen LogP contribution in [0.4, 0.5) is 0 Å². The van der Waals surface area contributed by atoms with Crippen LogP contribution in [-0.2, 0) is 21.3 Å². The zero-order valence-corrected chi connectivity index (χ0v) is 13.3. The standard InChI is InChI=1S/C15H16N2O5S/c1-21-15(18)13-10-22-14(16-13)9-17(11-7-8-11)23(19,20)12-5-3-2-4-6-12/h2-6,10-11H,7-9H2,1H3. The van der Waals surface area contributed by atoms with Gasteiger partial charge in [-0.15, -0.1) is 0 Å². The molecule has 1 aromatic carbocycles. The van der Waals surface area contributed by atoms with Crippen molar-refractivity contribution in [1.82, 2.24) is 9.29 Å². The first-order valence-corrected chi connectivity index (χ1v) is 8.56. The maximum atomic E-state index is 12.8. The second-order valence-electron chi connectivity index (χ2n) is 5.21. The van der Waals surface area contributed by atoms with Gasteiger partial charge in [-0.1, -0.05) is 18.2 Å². The van der Waals surface area contributed by atoms with Crippen molar-refractivity contribution in [2.75, 3.05) is 7.11 Å². The molecule has 0 unspecified atom stereocenters. The first-order valence-electron chi connectivity index (χ1n) is 7.12. The molecule has 1 aliphatic rings. The number of oxazole rings is 1. The van der Waals surface area contributed by atoms with E-state index in [-0.39, 0.29) is 29.1 Å². The monoisotopic (exact) mass is 336 g/mol. The molecule has 0 atom stereocenters. The number of benzene rings is 1. The summed E-state index contributed by atoms with van der Waals surface area (Å²) in [6, 6.07) is 8.17. The van der Waals surface area contributed by atoms with Crippen LogP contribution in [0.25, 0.3) is 0 Å². The van der Waals surface area contributed by atoms with E-state index in [0.717, 1.165) is 12.8 Å². The zero-order valence-electron chi connectivity index (χ0n) is 12.5. The average Bonchev–Trinajstić information content (AvgIpc) is 3.30. The fraction of sp³-hybridized carbons (Fsp3) is 0.333. The van der Waals surface area contributed by atoms with Crippen molar-refractivity contribution < 1.29 is 22.4 Å². The molecule has 8 heteroatoms. The Balaban J connectivity index is 1.86. The lowest BCUT2D eigenvalue weighted by Crippen LogP contribution is -2.32. The topological polar surface area (TPSA) is 89.7 Å². The number of aromatic nitrogens is 1. The fourth-order valence-electron chi connectivity index (χ4n) is 2.22. The molecule has 1 aliphatic carbocycles.